The third kappa shape index (κ3) is 3.75. The summed E-state index contributed by atoms with van der Waals surface area (Å²) in [7, 11) is 1.63. The molecule has 3 amide bonds. The van der Waals surface area contributed by atoms with Gasteiger partial charge in [-0.15, -0.1) is 0 Å². The molecule has 0 aromatic heterocycles. The Hall–Kier alpha value is -3.00. The number of benzene rings is 1. The molecular formula is C22H28N4O4. The van der Waals surface area contributed by atoms with Crippen molar-refractivity contribution in [2.75, 3.05) is 40.0 Å². The Bertz CT molecular complexity index is 891. The molecule has 160 valence electrons. The van der Waals surface area contributed by atoms with E-state index in [2.05, 4.69) is 28.7 Å². The first-order valence-corrected chi connectivity index (χ1v) is 10.2. The van der Waals surface area contributed by atoms with Crippen molar-refractivity contribution in [3.8, 4) is 5.75 Å². The maximum Gasteiger partial charge on any atom is 0.322 e. The average Bonchev–Trinajstić information content (AvgIpc) is 3.02. The molecule has 2 fully saturated rings. The van der Waals surface area contributed by atoms with E-state index in [1.807, 2.05) is 23.1 Å². The number of rotatable bonds is 6. The van der Waals surface area contributed by atoms with E-state index >= 15 is 0 Å². The third-order valence-corrected chi connectivity index (χ3v) is 6.02. The van der Waals surface area contributed by atoms with Gasteiger partial charge in [0.15, 0.2) is 0 Å². The zero-order chi connectivity index (χ0) is 21.3. The molecule has 2 N–H and O–H groups in total. The van der Waals surface area contributed by atoms with Crippen LogP contribution in [0.2, 0.25) is 0 Å². The van der Waals surface area contributed by atoms with Crippen LogP contribution in [0.1, 0.15) is 24.0 Å². The minimum absolute atomic E-state index is 0.309. The maximum absolute atomic E-state index is 12.9. The lowest BCUT2D eigenvalue weighted by Gasteiger charge is -2.35. The molecule has 8 nitrogen and oxygen atoms in total. The summed E-state index contributed by atoms with van der Waals surface area (Å²) in [4.78, 5) is 29.2. The van der Waals surface area contributed by atoms with Gasteiger partial charge in [0.25, 0.3) is 5.91 Å². The lowest BCUT2D eigenvalue weighted by molar-refractivity contribution is -0.124. The second-order valence-corrected chi connectivity index (χ2v) is 8.01. The zero-order valence-electron chi connectivity index (χ0n) is 17.3. The molecule has 0 radical (unpaired) electrons. The lowest BCUT2D eigenvalue weighted by atomic mass is 9.92. The largest absolute Gasteiger partial charge is 0.497 e. The zero-order valence-corrected chi connectivity index (χ0v) is 17.3. The Morgan fingerprint density at radius 2 is 2.13 bits per heavy atom. The van der Waals surface area contributed by atoms with Crippen molar-refractivity contribution in [1.29, 1.82) is 0 Å². The van der Waals surface area contributed by atoms with Crippen molar-refractivity contribution in [3.63, 3.8) is 0 Å². The van der Waals surface area contributed by atoms with Crippen molar-refractivity contribution in [2.24, 2.45) is 0 Å². The van der Waals surface area contributed by atoms with Gasteiger partial charge in [0, 0.05) is 49.6 Å². The number of hydrogen-bond donors (Lipinski definition) is 2. The Morgan fingerprint density at radius 1 is 1.30 bits per heavy atom. The highest BCUT2D eigenvalue weighted by Crippen LogP contribution is 2.36. The molecular weight excluding hydrogens is 384 g/mol. The van der Waals surface area contributed by atoms with Gasteiger partial charge >= 0.3 is 6.03 Å². The van der Waals surface area contributed by atoms with E-state index in [4.69, 9.17) is 9.47 Å². The summed E-state index contributed by atoms with van der Waals surface area (Å²) in [5.41, 5.74) is 2.64. The maximum atomic E-state index is 12.9. The number of carbonyl (C=O) groups excluding carboxylic acids is 2. The summed E-state index contributed by atoms with van der Waals surface area (Å²) < 4.78 is 10.9. The van der Waals surface area contributed by atoms with Gasteiger partial charge < -0.3 is 24.6 Å². The Balaban J connectivity index is 1.55. The Labute approximate surface area is 176 Å². The Morgan fingerprint density at radius 3 is 2.87 bits per heavy atom. The van der Waals surface area contributed by atoms with Crippen LogP contribution >= 0.6 is 0 Å². The summed E-state index contributed by atoms with van der Waals surface area (Å²) >= 11 is 0. The van der Waals surface area contributed by atoms with E-state index in [-0.39, 0.29) is 5.91 Å². The molecule has 1 aromatic rings. The van der Waals surface area contributed by atoms with Crippen LogP contribution in [0.25, 0.3) is 5.70 Å². The van der Waals surface area contributed by atoms with Gasteiger partial charge in [-0.1, -0.05) is 19.2 Å². The number of imide groups is 1. The number of ether oxygens (including phenoxy) is 2. The molecule has 2 saturated heterocycles. The van der Waals surface area contributed by atoms with Crippen LogP contribution in [-0.2, 0) is 16.1 Å². The van der Waals surface area contributed by atoms with Crippen molar-refractivity contribution in [2.45, 2.75) is 24.9 Å². The fourth-order valence-electron chi connectivity index (χ4n) is 4.38. The molecule has 0 aliphatic carbocycles. The number of hydrogen-bond acceptors (Lipinski definition) is 6. The highest BCUT2D eigenvalue weighted by Gasteiger charge is 2.49. The Kier molecular flexibility index (Phi) is 5.42. The first kappa shape index (κ1) is 20.3. The van der Waals surface area contributed by atoms with Crippen LogP contribution in [0.3, 0.4) is 0 Å². The van der Waals surface area contributed by atoms with Crippen LogP contribution in [0.4, 0.5) is 4.79 Å². The van der Waals surface area contributed by atoms with Gasteiger partial charge in [0.2, 0.25) is 0 Å². The van der Waals surface area contributed by atoms with Crippen molar-refractivity contribution >= 4 is 17.6 Å². The van der Waals surface area contributed by atoms with Crippen molar-refractivity contribution in [1.82, 2.24) is 20.4 Å². The van der Waals surface area contributed by atoms with Crippen molar-refractivity contribution in [3.05, 3.63) is 48.2 Å². The summed E-state index contributed by atoms with van der Waals surface area (Å²) in [6.45, 7) is 12.3. The molecule has 1 aromatic carbocycles. The minimum Gasteiger partial charge on any atom is -0.497 e. The topological polar surface area (TPSA) is 83.1 Å². The number of nitrogens with one attached hydrogen (secondary N) is 2. The highest BCUT2D eigenvalue weighted by atomic mass is 16.5. The fraction of sp³-hybridized carbons (Fsp3) is 0.455. The van der Waals surface area contributed by atoms with Crippen molar-refractivity contribution < 1.29 is 19.1 Å². The highest BCUT2D eigenvalue weighted by molar-refractivity contribution is 6.07. The van der Waals surface area contributed by atoms with E-state index < -0.39 is 11.6 Å². The first-order chi connectivity index (χ1) is 14.4. The second-order valence-electron chi connectivity index (χ2n) is 8.01. The molecule has 3 aliphatic heterocycles. The summed E-state index contributed by atoms with van der Waals surface area (Å²) in [5.74, 6) is 0.427. The van der Waals surface area contributed by atoms with E-state index in [0.717, 1.165) is 54.4 Å². The SMILES string of the molecule is C=C(CC1(CN2Cc3ccc(OC)cc3C2=C)NC(=O)NC1=O)N1CCCOCC1. The van der Waals surface area contributed by atoms with Gasteiger partial charge in [-0.05, 0) is 24.1 Å². The van der Waals surface area contributed by atoms with E-state index in [1.54, 1.807) is 7.11 Å². The second kappa shape index (κ2) is 8.02. The quantitative estimate of drug-likeness (QED) is 0.692. The monoisotopic (exact) mass is 412 g/mol. The molecule has 1 unspecified atom stereocenters. The van der Waals surface area contributed by atoms with Crippen LogP contribution in [-0.4, -0.2) is 67.2 Å². The third-order valence-electron chi connectivity index (χ3n) is 6.02. The average molecular weight is 412 g/mol. The summed E-state index contributed by atoms with van der Waals surface area (Å²) in [6.07, 6.45) is 1.23. The van der Waals surface area contributed by atoms with Gasteiger partial charge in [-0.2, -0.15) is 0 Å². The van der Waals surface area contributed by atoms with Gasteiger partial charge in [0.1, 0.15) is 11.3 Å². The standard InChI is InChI=1S/C22H28N4O4/c1-15(25-7-4-9-30-10-8-25)12-22(20(27)23-21(28)24-22)14-26-13-17-5-6-18(29-3)11-19(17)16(26)2/h5-6,11H,1-2,4,7-10,12-14H2,3H3,(H2,23,24,27,28). The predicted molar refractivity (Wildman–Crippen MR) is 113 cm³/mol. The number of amides is 3. The molecule has 30 heavy (non-hydrogen) atoms. The smallest absolute Gasteiger partial charge is 0.322 e. The molecule has 3 aliphatic rings. The normalized spacial score (nSPS) is 23.7. The molecule has 0 spiro atoms. The number of nitrogens with zero attached hydrogens (tertiary/aromatic N) is 2. The van der Waals surface area contributed by atoms with E-state index in [9.17, 15) is 9.59 Å². The van der Waals surface area contributed by atoms with Gasteiger partial charge in [-0.3, -0.25) is 10.1 Å². The van der Waals surface area contributed by atoms with Gasteiger partial charge in [-0.25, -0.2) is 4.79 Å². The van der Waals surface area contributed by atoms with Gasteiger partial charge in [0.05, 0.1) is 20.3 Å². The first-order valence-electron chi connectivity index (χ1n) is 10.2. The fourth-order valence-corrected chi connectivity index (χ4v) is 4.38. The lowest BCUT2D eigenvalue weighted by Crippen LogP contribution is -2.55. The summed E-state index contributed by atoms with van der Waals surface area (Å²) in [6, 6.07) is 5.40. The molecule has 0 bridgehead atoms. The van der Waals surface area contributed by atoms with Crippen LogP contribution in [0.15, 0.2) is 37.1 Å². The van der Waals surface area contributed by atoms with E-state index in [1.165, 1.54) is 0 Å². The number of methoxy groups -OCH3 is 1. The summed E-state index contributed by atoms with van der Waals surface area (Å²) in [5, 5.41) is 5.28. The molecule has 0 saturated carbocycles. The molecule has 1 atom stereocenters. The van der Waals surface area contributed by atoms with E-state index in [0.29, 0.717) is 26.1 Å². The number of fused-ring (bicyclic) bond motifs is 1. The molecule has 8 heteroatoms. The van der Waals surface area contributed by atoms with Crippen LogP contribution in [0.5, 0.6) is 5.75 Å². The van der Waals surface area contributed by atoms with Crippen LogP contribution in [0, 0.1) is 0 Å². The number of carbonyl (C=O) groups is 2. The predicted octanol–water partition coefficient (Wildman–Crippen LogP) is 1.69. The molecule has 4 rings (SSSR count). The molecule has 3 heterocycles. The number of urea groups is 1. The van der Waals surface area contributed by atoms with Crippen LogP contribution < -0.4 is 15.4 Å². The minimum atomic E-state index is -1.10.